The van der Waals surface area contributed by atoms with E-state index in [0.29, 0.717) is 0 Å². The van der Waals surface area contributed by atoms with Crippen molar-refractivity contribution in [1.29, 1.82) is 0 Å². The van der Waals surface area contributed by atoms with Gasteiger partial charge in [-0.2, -0.15) is 0 Å². The Morgan fingerprint density at radius 3 is 2.47 bits per heavy atom. The number of ether oxygens (including phenoxy) is 1. The second kappa shape index (κ2) is 3.74. The molecule has 8 heteroatoms. The maximum absolute atomic E-state index is 11.2. The van der Waals surface area contributed by atoms with Crippen LogP contribution < -0.4 is 0 Å². The van der Waals surface area contributed by atoms with Crippen LogP contribution >= 0.6 is 10.7 Å². The zero-order valence-corrected chi connectivity index (χ0v) is 9.46. The van der Waals surface area contributed by atoms with Gasteiger partial charge in [0.2, 0.25) is 0 Å². The predicted molar refractivity (Wildman–Crippen MR) is 51.5 cm³/mol. The summed E-state index contributed by atoms with van der Waals surface area (Å²) in [5, 5.41) is 9.46. The number of esters is 1. The molecule has 6 nitrogen and oxygen atoms in total. The van der Waals surface area contributed by atoms with Crippen molar-refractivity contribution >= 4 is 25.7 Å². The van der Waals surface area contributed by atoms with E-state index in [1.54, 1.807) is 0 Å². The lowest BCUT2D eigenvalue weighted by molar-refractivity contribution is 0.0586. The highest BCUT2D eigenvalue weighted by molar-refractivity contribution is 8.13. The average molecular weight is 254 g/mol. The van der Waals surface area contributed by atoms with Gasteiger partial charge >= 0.3 is 5.97 Å². The van der Waals surface area contributed by atoms with Crippen molar-refractivity contribution in [2.45, 2.75) is 4.90 Å². The van der Waals surface area contributed by atoms with Gasteiger partial charge in [0.1, 0.15) is 4.90 Å². The molecule has 0 amide bonds. The van der Waals surface area contributed by atoms with Crippen LogP contribution in [0, 0.1) is 0 Å². The molecule has 15 heavy (non-hydrogen) atoms. The van der Waals surface area contributed by atoms with Crippen LogP contribution in [0.3, 0.4) is 0 Å². The van der Waals surface area contributed by atoms with Crippen LogP contribution in [-0.2, 0) is 20.8 Å². The standard InChI is InChI=1S/C7H8ClNO5S/c1-9-3-4(15(8,12)13)6(10)5(9)7(11)14-2/h3,10H,1-2H3. The Kier molecular flexibility index (Phi) is 2.96. The van der Waals surface area contributed by atoms with Gasteiger partial charge in [0.05, 0.1) is 7.11 Å². The van der Waals surface area contributed by atoms with Gasteiger partial charge in [-0.1, -0.05) is 0 Å². The molecule has 0 aliphatic carbocycles. The number of hydrogen-bond acceptors (Lipinski definition) is 5. The molecular weight excluding hydrogens is 246 g/mol. The summed E-state index contributed by atoms with van der Waals surface area (Å²) in [6.45, 7) is 0. The maximum Gasteiger partial charge on any atom is 0.358 e. The van der Waals surface area contributed by atoms with E-state index in [0.717, 1.165) is 17.9 Å². The van der Waals surface area contributed by atoms with Crippen molar-refractivity contribution in [3.05, 3.63) is 11.9 Å². The van der Waals surface area contributed by atoms with E-state index in [4.69, 9.17) is 10.7 Å². The fourth-order valence-electron chi connectivity index (χ4n) is 1.10. The number of nitrogens with zero attached hydrogens (tertiary/aromatic N) is 1. The molecule has 0 aliphatic rings. The molecule has 0 spiro atoms. The zero-order valence-electron chi connectivity index (χ0n) is 7.89. The van der Waals surface area contributed by atoms with E-state index in [1.165, 1.54) is 7.05 Å². The molecular formula is C7H8ClNO5S. The summed E-state index contributed by atoms with van der Waals surface area (Å²) in [6, 6.07) is 0. The van der Waals surface area contributed by atoms with E-state index in [2.05, 4.69) is 4.74 Å². The zero-order chi connectivity index (χ0) is 11.8. The van der Waals surface area contributed by atoms with Crippen molar-refractivity contribution in [1.82, 2.24) is 4.57 Å². The van der Waals surface area contributed by atoms with Crippen LogP contribution in [0.25, 0.3) is 0 Å². The van der Waals surface area contributed by atoms with Gasteiger partial charge in [0.25, 0.3) is 9.05 Å². The fraction of sp³-hybridized carbons (Fsp3) is 0.286. The molecule has 0 atom stereocenters. The number of methoxy groups -OCH3 is 1. The first kappa shape index (κ1) is 11.9. The van der Waals surface area contributed by atoms with Crippen LogP contribution in [0.2, 0.25) is 0 Å². The predicted octanol–water partition coefficient (Wildman–Crippen LogP) is 0.445. The lowest BCUT2D eigenvalue weighted by Gasteiger charge is -2.00. The molecule has 0 aromatic carbocycles. The van der Waals surface area contributed by atoms with Crippen LogP contribution in [-0.4, -0.2) is 31.2 Å². The summed E-state index contributed by atoms with van der Waals surface area (Å²) >= 11 is 0. The van der Waals surface area contributed by atoms with E-state index in [-0.39, 0.29) is 5.69 Å². The molecule has 0 fully saturated rings. The van der Waals surface area contributed by atoms with Crippen molar-refractivity contribution in [2.75, 3.05) is 7.11 Å². The number of carbonyl (C=O) groups excluding carboxylic acids is 1. The highest BCUT2D eigenvalue weighted by atomic mass is 35.7. The molecule has 84 valence electrons. The molecule has 0 unspecified atom stereocenters. The van der Waals surface area contributed by atoms with Crippen molar-refractivity contribution in [2.24, 2.45) is 7.05 Å². The highest BCUT2D eigenvalue weighted by Crippen LogP contribution is 2.31. The van der Waals surface area contributed by atoms with E-state index in [9.17, 15) is 18.3 Å². The van der Waals surface area contributed by atoms with E-state index >= 15 is 0 Å². The molecule has 1 heterocycles. The molecule has 1 rings (SSSR count). The number of rotatable bonds is 2. The van der Waals surface area contributed by atoms with Crippen LogP contribution in [0.4, 0.5) is 0 Å². The van der Waals surface area contributed by atoms with Crippen molar-refractivity contribution in [3.63, 3.8) is 0 Å². The average Bonchev–Trinajstić information content (AvgIpc) is 2.40. The van der Waals surface area contributed by atoms with Crippen molar-refractivity contribution in [3.8, 4) is 5.75 Å². The maximum atomic E-state index is 11.2. The smallest absolute Gasteiger partial charge is 0.358 e. The molecule has 0 aliphatic heterocycles. The third-order valence-corrected chi connectivity index (χ3v) is 3.09. The summed E-state index contributed by atoms with van der Waals surface area (Å²) in [7, 11) is 3.46. The van der Waals surface area contributed by atoms with Crippen LogP contribution in [0.15, 0.2) is 11.1 Å². The summed E-state index contributed by atoms with van der Waals surface area (Å²) in [5.41, 5.74) is -0.267. The first-order valence-electron chi connectivity index (χ1n) is 3.70. The van der Waals surface area contributed by atoms with Gasteiger partial charge in [-0.15, -0.1) is 0 Å². The number of aryl methyl sites for hydroxylation is 1. The fourth-order valence-corrected chi connectivity index (χ4v) is 2.05. The number of aromatic hydroxyl groups is 1. The third-order valence-electron chi connectivity index (χ3n) is 1.76. The monoisotopic (exact) mass is 253 g/mol. The van der Waals surface area contributed by atoms with Gasteiger partial charge in [-0.05, 0) is 0 Å². The molecule has 0 saturated heterocycles. The molecule has 0 bridgehead atoms. The summed E-state index contributed by atoms with van der Waals surface area (Å²) in [4.78, 5) is 10.6. The van der Waals surface area contributed by atoms with E-state index in [1.807, 2.05) is 0 Å². The SMILES string of the molecule is COC(=O)c1c(O)c(S(=O)(=O)Cl)cn1C. The summed E-state index contributed by atoms with van der Waals surface area (Å²) in [5.74, 6) is -1.55. The minimum atomic E-state index is -4.08. The van der Waals surface area contributed by atoms with Gasteiger partial charge < -0.3 is 14.4 Å². The number of aromatic nitrogens is 1. The number of hydrogen-bond donors (Lipinski definition) is 1. The number of halogens is 1. The molecule has 1 aromatic rings. The Morgan fingerprint density at radius 1 is 1.60 bits per heavy atom. The largest absolute Gasteiger partial charge is 0.504 e. The molecule has 1 aromatic heterocycles. The first-order valence-corrected chi connectivity index (χ1v) is 6.01. The number of carbonyl (C=O) groups is 1. The Balaban J connectivity index is 3.47. The van der Waals surface area contributed by atoms with Gasteiger partial charge in [-0.25, -0.2) is 13.2 Å². The minimum absolute atomic E-state index is 0.267. The van der Waals surface area contributed by atoms with Crippen molar-refractivity contribution < 1.29 is 23.1 Å². The Hall–Kier alpha value is -1.21. The summed E-state index contributed by atoms with van der Waals surface area (Å²) in [6.07, 6.45) is 1.03. The topological polar surface area (TPSA) is 85.6 Å². The normalized spacial score (nSPS) is 11.4. The molecule has 1 N–H and O–H groups in total. The second-order valence-corrected chi connectivity index (χ2v) is 5.27. The highest BCUT2D eigenvalue weighted by Gasteiger charge is 2.26. The van der Waals surface area contributed by atoms with Crippen LogP contribution in [0.1, 0.15) is 10.5 Å². The summed E-state index contributed by atoms with van der Waals surface area (Å²) < 4.78 is 27.4. The van der Waals surface area contributed by atoms with Gasteiger partial charge in [0, 0.05) is 23.9 Å². The third kappa shape index (κ3) is 2.07. The quantitative estimate of drug-likeness (QED) is 0.611. The van der Waals surface area contributed by atoms with Gasteiger partial charge in [0.15, 0.2) is 11.4 Å². The first-order chi connectivity index (χ1) is 6.79. The Bertz CT molecular complexity index is 504. The van der Waals surface area contributed by atoms with E-state index < -0.39 is 25.7 Å². The lowest BCUT2D eigenvalue weighted by atomic mass is 10.4. The lowest BCUT2D eigenvalue weighted by Crippen LogP contribution is -2.06. The second-order valence-electron chi connectivity index (χ2n) is 2.73. The van der Waals surface area contributed by atoms with Crippen LogP contribution in [0.5, 0.6) is 5.75 Å². The van der Waals surface area contributed by atoms with Gasteiger partial charge in [-0.3, -0.25) is 0 Å². The molecule has 0 saturated carbocycles. The minimum Gasteiger partial charge on any atom is -0.504 e. The molecule has 0 radical (unpaired) electrons. The Morgan fingerprint density at radius 2 is 2.13 bits per heavy atom. The Labute approximate surface area is 90.4 Å².